The second kappa shape index (κ2) is 8.39. The second-order valence-corrected chi connectivity index (χ2v) is 8.13. The maximum Gasteiger partial charge on any atom is 0.416 e. The Balaban J connectivity index is 1.30. The molecule has 0 bridgehead atoms. The van der Waals surface area contributed by atoms with Crippen LogP contribution in [0.2, 0.25) is 0 Å². The number of rotatable bonds is 5. The Kier molecular flexibility index (Phi) is 5.84. The molecule has 162 valence electrons. The number of hydrogen-bond acceptors (Lipinski definition) is 5. The number of aliphatic hydroxyl groups is 1. The van der Waals surface area contributed by atoms with Crippen LogP contribution >= 0.6 is 0 Å². The summed E-state index contributed by atoms with van der Waals surface area (Å²) in [7, 11) is 0. The van der Waals surface area contributed by atoms with Gasteiger partial charge in [0.1, 0.15) is 5.82 Å². The summed E-state index contributed by atoms with van der Waals surface area (Å²) in [4.78, 5) is 18.7. The van der Waals surface area contributed by atoms with E-state index in [-0.39, 0.29) is 30.4 Å². The zero-order valence-electron chi connectivity index (χ0n) is 16.5. The van der Waals surface area contributed by atoms with Crippen molar-refractivity contribution in [3.63, 3.8) is 0 Å². The van der Waals surface area contributed by atoms with Crippen molar-refractivity contribution in [2.24, 2.45) is 0 Å². The number of alkyl halides is 3. The fourth-order valence-corrected chi connectivity index (χ4v) is 4.25. The van der Waals surface area contributed by atoms with E-state index < -0.39 is 11.7 Å². The number of pyridine rings is 1. The van der Waals surface area contributed by atoms with E-state index in [1.54, 1.807) is 6.07 Å². The summed E-state index contributed by atoms with van der Waals surface area (Å²) in [5.74, 6) is 0.0363. The van der Waals surface area contributed by atoms with Gasteiger partial charge in [-0.1, -0.05) is 6.07 Å². The minimum absolute atomic E-state index is 0.0610. The predicted molar refractivity (Wildman–Crippen MR) is 107 cm³/mol. The molecule has 1 aliphatic heterocycles. The number of aromatic nitrogens is 1. The number of carbonyl (C=O) groups is 1. The maximum absolute atomic E-state index is 13.0. The molecule has 1 aromatic carbocycles. The Bertz CT molecular complexity index is 907. The van der Waals surface area contributed by atoms with Gasteiger partial charge in [0.2, 0.25) is 5.91 Å². The summed E-state index contributed by atoms with van der Waals surface area (Å²) >= 11 is 0. The van der Waals surface area contributed by atoms with E-state index in [2.05, 4.69) is 20.5 Å². The van der Waals surface area contributed by atoms with Crippen LogP contribution in [0.5, 0.6) is 0 Å². The molecule has 0 atom stereocenters. The van der Waals surface area contributed by atoms with Gasteiger partial charge in [0.25, 0.3) is 0 Å². The first kappa shape index (κ1) is 20.9. The molecule has 0 radical (unpaired) electrons. The molecular weight excluding hydrogens is 397 g/mol. The van der Waals surface area contributed by atoms with E-state index in [9.17, 15) is 23.1 Å². The molecule has 30 heavy (non-hydrogen) atoms. The van der Waals surface area contributed by atoms with Gasteiger partial charge in [-0.15, -0.1) is 0 Å². The predicted octanol–water partition coefficient (Wildman–Crippen LogP) is 2.77. The minimum atomic E-state index is -4.44. The minimum Gasteiger partial charge on any atom is -0.393 e. The van der Waals surface area contributed by atoms with Crippen LogP contribution in [0.3, 0.4) is 0 Å². The molecule has 1 saturated heterocycles. The Morgan fingerprint density at radius 2 is 1.90 bits per heavy atom. The fourth-order valence-electron chi connectivity index (χ4n) is 4.25. The van der Waals surface area contributed by atoms with Crippen molar-refractivity contribution >= 4 is 22.5 Å². The third-order valence-electron chi connectivity index (χ3n) is 5.97. The highest BCUT2D eigenvalue weighted by Gasteiger charge is 2.35. The number of nitrogens with one attached hydrogen (secondary N) is 2. The molecule has 3 N–H and O–H groups in total. The van der Waals surface area contributed by atoms with Crippen molar-refractivity contribution in [3.8, 4) is 0 Å². The van der Waals surface area contributed by atoms with Crippen LogP contribution in [0.4, 0.5) is 19.0 Å². The molecule has 2 aliphatic rings. The molecular formula is C21H25F3N4O2. The van der Waals surface area contributed by atoms with Crippen LogP contribution < -0.4 is 10.6 Å². The summed E-state index contributed by atoms with van der Waals surface area (Å²) in [6.07, 6.45) is 0.503. The summed E-state index contributed by atoms with van der Waals surface area (Å²) in [6, 6.07) is 5.67. The summed E-state index contributed by atoms with van der Waals surface area (Å²) in [5.41, 5.74) is -0.750. The zero-order chi connectivity index (χ0) is 21.3. The Morgan fingerprint density at radius 1 is 1.17 bits per heavy atom. The molecule has 9 heteroatoms. The molecule has 0 spiro atoms. The fraction of sp³-hybridized carbons (Fsp3) is 0.524. The number of nitrogens with zero attached hydrogens (tertiary/aromatic N) is 2. The summed E-state index contributed by atoms with van der Waals surface area (Å²) < 4.78 is 39.0. The topological polar surface area (TPSA) is 77.5 Å². The van der Waals surface area contributed by atoms with Gasteiger partial charge in [0.05, 0.1) is 24.3 Å². The van der Waals surface area contributed by atoms with Crippen molar-refractivity contribution in [1.29, 1.82) is 0 Å². The molecule has 6 nitrogen and oxygen atoms in total. The number of amides is 1. The number of benzene rings is 1. The lowest BCUT2D eigenvalue weighted by Gasteiger charge is -2.46. The van der Waals surface area contributed by atoms with E-state index in [1.807, 2.05) is 0 Å². The van der Waals surface area contributed by atoms with Gasteiger partial charge < -0.3 is 15.7 Å². The van der Waals surface area contributed by atoms with Crippen LogP contribution in [0.1, 0.15) is 31.2 Å². The van der Waals surface area contributed by atoms with Crippen LogP contribution in [-0.2, 0) is 11.0 Å². The maximum atomic E-state index is 13.0. The van der Waals surface area contributed by atoms with Gasteiger partial charge in [-0.05, 0) is 49.3 Å². The smallest absolute Gasteiger partial charge is 0.393 e. The van der Waals surface area contributed by atoms with Gasteiger partial charge in [0.15, 0.2) is 0 Å². The van der Waals surface area contributed by atoms with Crippen LogP contribution in [0.15, 0.2) is 30.5 Å². The first-order valence-electron chi connectivity index (χ1n) is 10.2. The van der Waals surface area contributed by atoms with E-state index in [1.165, 1.54) is 12.3 Å². The highest BCUT2D eigenvalue weighted by Crippen LogP contribution is 2.33. The van der Waals surface area contributed by atoms with Gasteiger partial charge in [0, 0.05) is 30.7 Å². The van der Waals surface area contributed by atoms with E-state index >= 15 is 0 Å². The van der Waals surface area contributed by atoms with Crippen molar-refractivity contribution < 1.29 is 23.1 Å². The van der Waals surface area contributed by atoms with Gasteiger partial charge >= 0.3 is 6.18 Å². The average molecular weight is 422 g/mol. The highest BCUT2D eigenvalue weighted by atomic mass is 19.4. The van der Waals surface area contributed by atoms with E-state index in [0.29, 0.717) is 16.8 Å². The molecule has 4 rings (SSSR count). The molecule has 1 saturated carbocycles. The first-order chi connectivity index (χ1) is 14.3. The number of carbonyl (C=O) groups excluding carboxylic acids is 1. The monoisotopic (exact) mass is 422 g/mol. The van der Waals surface area contributed by atoms with Crippen LogP contribution in [0.25, 0.3) is 10.8 Å². The normalized spacial score (nSPS) is 23.2. The zero-order valence-corrected chi connectivity index (χ0v) is 16.5. The summed E-state index contributed by atoms with van der Waals surface area (Å²) in [6.45, 7) is 1.51. The van der Waals surface area contributed by atoms with Crippen molar-refractivity contribution in [2.45, 2.75) is 50.0 Å². The molecule has 2 aromatic rings. The number of anilines is 1. The molecule has 1 aromatic heterocycles. The van der Waals surface area contributed by atoms with Crippen molar-refractivity contribution in [1.82, 2.24) is 15.2 Å². The number of fused-ring (bicyclic) bond motifs is 1. The van der Waals surface area contributed by atoms with Crippen LogP contribution in [-0.4, -0.2) is 58.7 Å². The lowest BCUT2D eigenvalue weighted by Crippen LogP contribution is -2.63. The van der Waals surface area contributed by atoms with E-state index in [4.69, 9.17) is 0 Å². The van der Waals surface area contributed by atoms with Crippen LogP contribution in [0, 0.1) is 0 Å². The first-order valence-corrected chi connectivity index (χ1v) is 10.2. The quantitative estimate of drug-likeness (QED) is 0.691. The second-order valence-electron chi connectivity index (χ2n) is 8.13. The average Bonchev–Trinajstić information content (AvgIpc) is 2.68. The lowest BCUT2D eigenvalue weighted by atomic mass is 9.89. The van der Waals surface area contributed by atoms with Gasteiger partial charge in [-0.2, -0.15) is 13.2 Å². The molecule has 2 fully saturated rings. The number of hydrogen-bond donors (Lipinski definition) is 3. The lowest BCUT2D eigenvalue weighted by molar-refractivity contribution is -0.137. The largest absolute Gasteiger partial charge is 0.416 e. The SMILES string of the molecule is O=C(CNc1nccc2ccc(C(F)(F)F)cc12)NC1CN([C@H]2CC[C@@H](O)CC2)C1. The van der Waals surface area contributed by atoms with Gasteiger partial charge in [-0.25, -0.2) is 4.98 Å². The third kappa shape index (κ3) is 4.67. The third-order valence-corrected chi connectivity index (χ3v) is 5.97. The molecule has 1 aliphatic carbocycles. The van der Waals surface area contributed by atoms with Gasteiger partial charge in [-0.3, -0.25) is 9.69 Å². The Hall–Kier alpha value is -2.39. The molecule has 0 unspecified atom stereocenters. The van der Waals surface area contributed by atoms with Crippen molar-refractivity contribution in [2.75, 3.05) is 25.0 Å². The van der Waals surface area contributed by atoms with Crippen molar-refractivity contribution in [3.05, 3.63) is 36.0 Å². The highest BCUT2D eigenvalue weighted by molar-refractivity contribution is 5.93. The summed E-state index contributed by atoms with van der Waals surface area (Å²) in [5, 5.41) is 16.4. The number of aliphatic hydroxyl groups excluding tert-OH is 1. The Morgan fingerprint density at radius 3 is 2.60 bits per heavy atom. The molecule has 1 amide bonds. The van der Waals surface area contributed by atoms with E-state index in [0.717, 1.165) is 50.9 Å². The standard InChI is InChI=1S/C21H25F3N4O2/c22-21(23,24)14-2-1-13-7-8-25-20(18(13)9-14)26-10-19(30)27-15-11-28(12-15)16-3-5-17(29)6-4-16/h1-2,7-9,15-17,29H,3-6,10-12H2,(H,25,26)(H,27,30)/t16-,17+. The number of halogens is 3. The number of likely N-dealkylation sites (tertiary alicyclic amines) is 1. The Labute approximate surface area is 172 Å². The molecule has 2 heterocycles.